The molecule has 92 valence electrons. The van der Waals surface area contributed by atoms with E-state index in [1.54, 1.807) is 0 Å². The van der Waals surface area contributed by atoms with Gasteiger partial charge in [0.2, 0.25) is 0 Å². The Morgan fingerprint density at radius 2 is 2.12 bits per heavy atom. The lowest BCUT2D eigenvalue weighted by Gasteiger charge is -2.36. The molecule has 1 aromatic carbocycles. The van der Waals surface area contributed by atoms with Crippen LogP contribution in [-0.4, -0.2) is 6.10 Å². The summed E-state index contributed by atoms with van der Waals surface area (Å²) in [5.41, 5.74) is 3.83. The summed E-state index contributed by atoms with van der Waals surface area (Å²) in [7, 11) is 0. The van der Waals surface area contributed by atoms with Gasteiger partial charge in [0.25, 0.3) is 0 Å². The van der Waals surface area contributed by atoms with Crippen molar-refractivity contribution >= 4 is 0 Å². The van der Waals surface area contributed by atoms with Crippen molar-refractivity contribution in [3.8, 4) is 0 Å². The predicted octanol–water partition coefficient (Wildman–Crippen LogP) is 4.43. The van der Waals surface area contributed by atoms with E-state index in [-0.39, 0.29) is 6.10 Å². The molecule has 1 aliphatic rings. The minimum absolute atomic E-state index is 0.191. The zero-order chi connectivity index (χ0) is 12.4. The van der Waals surface area contributed by atoms with Crippen molar-refractivity contribution in [1.82, 2.24) is 0 Å². The average molecular weight is 230 g/mol. The topological polar surface area (TPSA) is 9.23 Å². The maximum atomic E-state index is 6.14. The molecule has 1 saturated heterocycles. The van der Waals surface area contributed by atoms with Crippen LogP contribution in [0.4, 0.5) is 0 Å². The smallest absolute Gasteiger partial charge is 0.0893 e. The number of ether oxygens (including phenoxy) is 1. The first kappa shape index (κ1) is 12.4. The van der Waals surface area contributed by atoms with E-state index in [2.05, 4.69) is 51.6 Å². The lowest BCUT2D eigenvalue weighted by Crippen LogP contribution is -2.28. The zero-order valence-electron chi connectivity index (χ0n) is 11.1. The molecule has 1 aliphatic heterocycles. The van der Waals surface area contributed by atoms with Crippen LogP contribution in [0.25, 0.3) is 0 Å². The van der Waals surface area contributed by atoms with Gasteiger partial charge < -0.3 is 4.74 Å². The highest BCUT2D eigenvalue weighted by Gasteiger charge is 2.30. The molecule has 0 amide bonds. The fourth-order valence-electron chi connectivity index (χ4n) is 2.64. The third-order valence-corrected chi connectivity index (χ3v) is 3.63. The molecule has 0 N–H and O–H groups in total. The van der Waals surface area contributed by atoms with E-state index < -0.39 is 0 Å². The lowest BCUT2D eigenvalue weighted by molar-refractivity contribution is -0.0672. The molecule has 0 saturated carbocycles. The molecule has 3 atom stereocenters. The van der Waals surface area contributed by atoms with Gasteiger partial charge >= 0.3 is 0 Å². The Hall–Kier alpha value is -1.08. The van der Waals surface area contributed by atoms with Crippen molar-refractivity contribution in [2.24, 2.45) is 5.92 Å². The van der Waals surface area contributed by atoms with Gasteiger partial charge in [-0.15, -0.1) is 0 Å². The van der Waals surface area contributed by atoms with Gasteiger partial charge in [0.1, 0.15) is 0 Å². The summed E-state index contributed by atoms with van der Waals surface area (Å²) in [5.74, 6) is 0.466. The molecular formula is C16H22O. The maximum Gasteiger partial charge on any atom is 0.0893 e. The number of hydrogen-bond acceptors (Lipinski definition) is 1. The molecule has 0 unspecified atom stereocenters. The van der Waals surface area contributed by atoms with Crippen LogP contribution < -0.4 is 0 Å². The summed E-state index contributed by atoms with van der Waals surface area (Å²) >= 11 is 0. The van der Waals surface area contributed by atoms with Gasteiger partial charge in [-0.1, -0.05) is 42.0 Å². The third kappa shape index (κ3) is 2.78. The van der Waals surface area contributed by atoms with Crippen LogP contribution in [0.1, 0.15) is 43.9 Å². The van der Waals surface area contributed by atoms with E-state index in [0.29, 0.717) is 12.0 Å². The molecule has 2 rings (SSSR count). The first-order chi connectivity index (χ1) is 8.08. The molecule has 1 heteroatoms. The summed E-state index contributed by atoms with van der Waals surface area (Å²) in [5, 5.41) is 0. The molecule has 1 nitrogen and oxygen atoms in total. The van der Waals surface area contributed by atoms with Crippen LogP contribution in [0.15, 0.2) is 36.4 Å². The van der Waals surface area contributed by atoms with Crippen molar-refractivity contribution in [3.05, 3.63) is 47.5 Å². The van der Waals surface area contributed by atoms with E-state index in [0.717, 1.165) is 6.42 Å². The molecule has 0 bridgehead atoms. The fourth-order valence-corrected chi connectivity index (χ4v) is 2.64. The Bertz CT molecular complexity index is 408. The second kappa shape index (κ2) is 5.05. The van der Waals surface area contributed by atoms with Gasteiger partial charge in [-0.05, 0) is 39.2 Å². The van der Waals surface area contributed by atoms with Crippen LogP contribution in [0.3, 0.4) is 0 Å². The summed E-state index contributed by atoms with van der Waals surface area (Å²) in [6.07, 6.45) is 2.88. The average Bonchev–Trinajstić information content (AvgIpc) is 2.28. The van der Waals surface area contributed by atoms with Gasteiger partial charge in [0, 0.05) is 5.92 Å². The minimum Gasteiger partial charge on any atom is -0.370 e. The van der Waals surface area contributed by atoms with Crippen molar-refractivity contribution in [2.75, 3.05) is 0 Å². The summed E-state index contributed by atoms with van der Waals surface area (Å²) < 4.78 is 6.14. The van der Waals surface area contributed by atoms with Crippen LogP contribution in [0.5, 0.6) is 0 Å². The van der Waals surface area contributed by atoms with Crippen molar-refractivity contribution in [3.63, 3.8) is 0 Å². The van der Waals surface area contributed by atoms with Crippen molar-refractivity contribution in [2.45, 2.75) is 45.8 Å². The molecular weight excluding hydrogens is 208 g/mol. The molecule has 0 radical (unpaired) electrons. The van der Waals surface area contributed by atoms with Crippen molar-refractivity contribution < 1.29 is 4.74 Å². The SMILES string of the molecule is C=C(C)[C@H]1CC[C@H](C)O[C@@H]1c1cccc(C)c1. The van der Waals surface area contributed by atoms with Gasteiger partial charge in [-0.2, -0.15) is 0 Å². The van der Waals surface area contributed by atoms with Gasteiger partial charge in [-0.3, -0.25) is 0 Å². The number of aryl methyl sites for hydroxylation is 1. The highest BCUT2D eigenvalue weighted by atomic mass is 16.5. The standard InChI is InChI=1S/C16H22O/c1-11(2)15-9-8-13(4)17-16(15)14-7-5-6-12(3)10-14/h5-7,10,13,15-16H,1,8-9H2,2-4H3/t13-,15+,16+/m0/s1. The zero-order valence-corrected chi connectivity index (χ0v) is 11.1. The Morgan fingerprint density at radius 1 is 1.35 bits per heavy atom. The van der Waals surface area contributed by atoms with E-state index >= 15 is 0 Å². The van der Waals surface area contributed by atoms with Crippen molar-refractivity contribution in [1.29, 1.82) is 0 Å². The first-order valence-electron chi connectivity index (χ1n) is 6.45. The summed E-state index contributed by atoms with van der Waals surface area (Å²) in [4.78, 5) is 0. The van der Waals surface area contributed by atoms with E-state index in [9.17, 15) is 0 Å². The van der Waals surface area contributed by atoms with Gasteiger partial charge in [-0.25, -0.2) is 0 Å². The Balaban J connectivity index is 2.28. The number of hydrogen-bond donors (Lipinski definition) is 0. The summed E-state index contributed by atoms with van der Waals surface area (Å²) in [6.45, 7) is 10.5. The van der Waals surface area contributed by atoms with Crippen LogP contribution in [0, 0.1) is 12.8 Å². The Labute approximate surface area is 104 Å². The number of benzene rings is 1. The molecule has 1 fully saturated rings. The highest BCUT2D eigenvalue weighted by molar-refractivity contribution is 5.26. The predicted molar refractivity (Wildman–Crippen MR) is 72.0 cm³/mol. The fraction of sp³-hybridized carbons (Fsp3) is 0.500. The first-order valence-corrected chi connectivity index (χ1v) is 6.45. The second-order valence-electron chi connectivity index (χ2n) is 5.31. The third-order valence-electron chi connectivity index (χ3n) is 3.63. The molecule has 1 aromatic rings. The van der Waals surface area contributed by atoms with E-state index in [4.69, 9.17) is 4.74 Å². The monoisotopic (exact) mass is 230 g/mol. The largest absolute Gasteiger partial charge is 0.370 e. The van der Waals surface area contributed by atoms with Gasteiger partial charge in [0.15, 0.2) is 0 Å². The number of rotatable bonds is 2. The quantitative estimate of drug-likeness (QED) is 0.683. The molecule has 17 heavy (non-hydrogen) atoms. The van der Waals surface area contributed by atoms with E-state index in [1.807, 2.05) is 0 Å². The second-order valence-corrected chi connectivity index (χ2v) is 5.31. The summed E-state index contributed by atoms with van der Waals surface area (Å²) in [6, 6.07) is 8.65. The van der Waals surface area contributed by atoms with Gasteiger partial charge in [0.05, 0.1) is 12.2 Å². The molecule has 0 spiro atoms. The lowest BCUT2D eigenvalue weighted by atomic mass is 9.83. The normalized spacial score (nSPS) is 29.0. The molecule has 0 aromatic heterocycles. The minimum atomic E-state index is 0.191. The van der Waals surface area contributed by atoms with Crippen LogP contribution in [0.2, 0.25) is 0 Å². The molecule has 0 aliphatic carbocycles. The van der Waals surface area contributed by atoms with Crippen LogP contribution in [-0.2, 0) is 4.74 Å². The van der Waals surface area contributed by atoms with E-state index in [1.165, 1.54) is 23.1 Å². The maximum absolute atomic E-state index is 6.14. The van der Waals surface area contributed by atoms with Crippen LogP contribution >= 0.6 is 0 Å². The molecule has 1 heterocycles. The Morgan fingerprint density at radius 3 is 2.76 bits per heavy atom. The Kier molecular flexibility index (Phi) is 3.68. The highest BCUT2D eigenvalue weighted by Crippen LogP contribution is 2.39.